The van der Waals surface area contributed by atoms with Gasteiger partial charge in [-0.1, -0.05) is 28.9 Å². The first kappa shape index (κ1) is 27.2. The topological polar surface area (TPSA) is 114 Å². The maximum atomic E-state index is 13.6. The normalized spacial score (nSPS) is 17.9. The van der Waals surface area contributed by atoms with Crippen molar-refractivity contribution in [2.75, 3.05) is 6.54 Å². The van der Waals surface area contributed by atoms with Crippen LogP contribution in [0.2, 0.25) is 0 Å². The fourth-order valence-corrected chi connectivity index (χ4v) is 5.23. The second-order valence-electron chi connectivity index (χ2n) is 8.91. The Morgan fingerprint density at radius 3 is 2.78 bits per heavy atom. The smallest absolute Gasteiger partial charge is 0.355 e. The highest BCUT2D eigenvalue weighted by Crippen LogP contribution is 2.41. The van der Waals surface area contributed by atoms with Crippen molar-refractivity contribution in [3.8, 4) is 11.4 Å². The summed E-state index contributed by atoms with van der Waals surface area (Å²) < 4.78 is 40.4. The summed E-state index contributed by atoms with van der Waals surface area (Å²) in [6.45, 7) is 0.683. The minimum atomic E-state index is -3.24. The van der Waals surface area contributed by atoms with E-state index in [9.17, 15) is 23.2 Å². The van der Waals surface area contributed by atoms with Crippen LogP contribution in [-0.4, -0.2) is 34.0 Å². The van der Waals surface area contributed by atoms with E-state index in [2.05, 4.69) is 15.9 Å². The van der Waals surface area contributed by atoms with Gasteiger partial charge in [0, 0.05) is 27.4 Å². The lowest BCUT2D eigenvalue weighted by Crippen LogP contribution is -2.47. The predicted molar refractivity (Wildman–Crippen MR) is 137 cm³/mol. The first-order chi connectivity index (χ1) is 17.1. The van der Waals surface area contributed by atoms with Crippen molar-refractivity contribution >= 4 is 51.2 Å². The molecule has 2 aliphatic heterocycles. The highest BCUT2D eigenvalue weighted by Gasteiger charge is 2.50. The molecule has 2 aliphatic rings. The van der Waals surface area contributed by atoms with Crippen molar-refractivity contribution in [2.45, 2.75) is 50.9 Å². The van der Waals surface area contributed by atoms with Gasteiger partial charge < -0.3 is 19.8 Å². The summed E-state index contributed by atoms with van der Waals surface area (Å²) in [7, 11) is 0. The van der Waals surface area contributed by atoms with E-state index >= 15 is 0 Å². The van der Waals surface area contributed by atoms with Crippen LogP contribution in [0.5, 0.6) is 0 Å². The summed E-state index contributed by atoms with van der Waals surface area (Å²) in [5.41, 5.74) is 5.70. The van der Waals surface area contributed by atoms with Gasteiger partial charge >= 0.3 is 11.9 Å². The second-order valence-corrected chi connectivity index (χ2v) is 9.76. The van der Waals surface area contributed by atoms with Gasteiger partial charge in [0.05, 0.1) is 42.0 Å². The van der Waals surface area contributed by atoms with E-state index in [-0.39, 0.29) is 48.7 Å². The van der Waals surface area contributed by atoms with Crippen LogP contribution in [0.1, 0.15) is 42.9 Å². The maximum Gasteiger partial charge on any atom is 0.355 e. The molecule has 12 heteroatoms. The lowest BCUT2D eigenvalue weighted by Gasteiger charge is -2.35. The molecule has 1 aromatic carbocycles. The van der Waals surface area contributed by atoms with Crippen LogP contribution in [0.25, 0.3) is 22.3 Å². The number of benzene rings is 1. The number of hydrogen-bond acceptors (Lipinski definition) is 7. The van der Waals surface area contributed by atoms with E-state index in [1.165, 1.54) is 0 Å². The molecule has 8 nitrogen and oxygen atoms in total. The average Bonchev–Trinajstić information content (AvgIpc) is 3.22. The fraction of sp³-hybridized carbons (Fsp3) is 0.360. The number of alkyl halides is 2. The zero-order chi connectivity index (χ0) is 25.8. The lowest BCUT2D eigenvalue weighted by molar-refractivity contribution is -0.190. The molecule has 0 amide bonds. The molecular formula is C25H23BrClF2N3O5. The first-order valence-corrected chi connectivity index (χ1v) is 12.2. The quantitative estimate of drug-likeness (QED) is 0.331. The van der Waals surface area contributed by atoms with Gasteiger partial charge in [0.15, 0.2) is 0 Å². The largest absolute Gasteiger partial charge is 0.457 e. The standard InChI is InChI=1S/C25H22BrF2N3O5.ClH/c1-2-25(36-20(32)6-7-24(27,28)12-29)16-9-19-21-13(8-14-17(26)4-3-5-18(14)30-21)10-31(19)22(33)15(16)11-35-23(25)34;/h3-5,8-9H,2,6-7,10-12,29H2,1H3;1H/t25-;/m0./s1. The molecule has 3 aromatic rings. The second kappa shape index (κ2) is 9.77. The van der Waals surface area contributed by atoms with Gasteiger partial charge in [-0.15, -0.1) is 12.4 Å². The number of nitrogens with two attached hydrogens (primary N) is 1. The van der Waals surface area contributed by atoms with Crippen LogP contribution in [0.15, 0.2) is 39.6 Å². The van der Waals surface area contributed by atoms with E-state index in [1.807, 2.05) is 24.3 Å². The number of esters is 2. The van der Waals surface area contributed by atoms with E-state index in [0.717, 1.165) is 20.9 Å². The van der Waals surface area contributed by atoms with E-state index < -0.39 is 42.8 Å². The highest BCUT2D eigenvalue weighted by atomic mass is 79.9. The number of ether oxygens (including phenoxy) is 2. The van der Waals surface area contributed by atoms with Crippen LogP contribution in [-0.2, 0) is 37.8 Å². The van der Waals surface area contributed by atoms with Crippen molar-refractivity contribution in [3.05, 3.63) is 61.8 Å². The van der Waals surface area contributed by atoms with Crippen LogP contribution < -0.4 is 11.3 Å². The Morgan fingerprint density at radius 2 is 2.08 bits per heavy atom. The van der Waals surface area contributed by atoms with Crippen molar-refractivity contribution in [1.29, 1.82) is 0 Å². The molecule has 0 fully saturated rings. The molecule has 0 radical (unpaired) electrons. The number of carbonyl (C=O) groups excluding carboxylic acids is 2. The third kappa shape index (κ3) is 4.42. The number of nitrogens with zero attached hydrogens (tertiary/aromatic N) is 2. The molecule has 0 unspecified atom stereocenters. The SMILES string of the molecule is CC[C@@]1(OC(=O)CCC(F)(F)CN)C(=O)OCc2c1cc1n(c2=O)Cc2cc3c(Br)cccc3nc2-1.Cl. The van der Waals surface area contributed by atoms with Gasteiger partial charge in [-0.05, 0) is 30.7 Å². The fourth-order valence-electron chi connectivity index (χ4n) is 4.76. The van der Waals surface area contributed by atoms with E-state index in [4.69, 9.17) is 20.2 Å². The summed E-state index contributed by atoms with van der Waals surface area (Å²) in [6, 6.07) is 9.20. The molecule has 196 valence electrons. The molecule has 1 atom stereocenters. The Hall–Kier alpha value is -2.89. The zero-order valence-corrected chi connectivity index (χ0v) is 22.1. The van der Waals surface area contributed by atoms with Gasteiger partial charge in [0.25, 0.3) is 11.5 Å². The molecule has 0 saturated carbocycles. The average molecular weight is 599 g/mol. The maximum absolute atomic E-state index is 13.6. The molecule has 0 spiro atoms. The van der Waals surface area contributed by atoms with Crippen molar-refractivity contribution in [1.82, 2.24) is 9.55 Å². The Bertz CT molecular complexity index is 1500. The molecule has 0 aliphatic carbocycles. The van der Waals surface area contributed by atoms with Crippen LogP contribution in [0.4, 0.5) is 8.78 Å². The van der Waals surface area contributed by atoms with E-state index in [1.54, 1.807) is 17.6 Å². The van der Waals surface area contributed by atoms with Gasteiger partial charge in [0.2, 0.25) is 5.60 Å². The number of pyridine rings is 2. The number of carbonyl (C=O) groups is 2. The van der Waals surface area contributed by atoms with Crippen LogP contribution in [0.3, 0.4) is 0 Å². The molecular weight excluding hydrogens is 576 g/mol. The number of aromatic nitrogens is 2. The third-order valence-electron chi connectivity index (χ3n) is 6.75. The Labute approximate surface area is 224 Å². The molecule has 2 N–H and O–H groups in total. The van der Waals surface area contributed by atoms with Crippen molar-refractivity contribution in [3.63, 3.8) is 0 Å². The minimum Gasteiger partial charge on any atom is -0.457 e. The summed E-state index contributed by atoms with van der Waals surface area (Å²) in [6.07, 6.45) is -1.52. The van der Waals surface area contributed by atoms with Crippen molar-refractivity contribution in [2.24, 2.45) is 5.73 Å². The molecule has 0 bridgehead atoms. The highest BCUT2D eigenvalue weighted by molar-refractivity contribution is 9.10. The number of cyclic esters (lactones) is 1. The summed E-state index contributed by atoms with van der Waals surface area (Å²) in [5, 5.41) is 0.895. The number of fused-ring (bicyclic) bond motifs is 5. The molecule has 5 rings (SSSR count). The summed E-state index contributed by atoms with van der Waals surface area (Å²) in [4.78, 5) is 43.8. The zero-order valence-electron chi connectivity index (χ0n) is 19.7. The molecule has 37 heavy (non-hydrogen) atoms. The molecule has 2 aromatic heterocycles. The lowest BCUT2D eigenvalue weighted by atomic mass is 9.85. The minimum absolute atomic E-state index is 0. The number of rotatable bonds is 6. The summed E-state index contributed by atoms with van der Waals surface area (Å²) >= 11 is 3.53. The Morgan fingerprint density at radius 1 is 1.32 bits per heavy atom. The summed E-state index contributed by atoms with van der Waals surface area (Å²) in [5.74, 6) is -5.10. The van der Waals surface area contributed by atoms with Crippen molar-refractivity contribution < 1.29 is 27.8 Å². The first-order valence-electron chi connectivity index (χ1n) is 11.4. The van der Waals surface area contributed by atoms with Gasteiger partial charge in [-0.25, -0.2) is 18.6 Å². The Balaban J connectivity index is 0.00000320. The molecule has 0 saturated heterocycles. The predicted octanol–water partition coefficient (Wildman–Crippen LogP) is 4.19. The number of hydrogen-bond donors (Lipinski definition) is 1. The van der Waals surface area contributed by atoms with E-state index in [0.29, 0.717) is 11.4 Å². The number of halogens is 4. The van der Waals surface area contributed by atoms with Gasteiger partial charge in [-0.2, -0.15) is 0 Å². The third-order valence-corrected chi connectivity index (χ3v) is 7.44. The van der Waals surface area contributed by atoms with Gasteiger partial charge in [0.1, 0.15) is 6.61 Å². The Kier molecular flexibility index (Phi) is 7.17. The molecule has 4 heterocycles. The van der Waals surface area contributed by atoms with Gasteiger partial charge in [-0.3, -0.25) is 9.59 Å². The monoisotopic (exact) mass is 597 g/mol. The van der Waals surface area contributed by atoms with Crippen LogP contribution in [0, 0.1) is 0 Å². The van der Waals surface area contributed by atoms with Crippen LogP contribution >= 0.6 is 28.3 Å².